The van der Waals surface area contributed by atoms with Crippen molar-refractivity contribution in [2.75, 3.05) is 6.61 Å². The maximum absolute atomic E-state index is 14.1. The Balaban J connectivity index is 2.15. The Hall–Kier alpha value is -1.66. The first-order valence-corrected chi connectivity index (χ1v) is 6.39. The lowest BCUT2D eigenvalue weighted by molar-refractivity contribution is -0.201. The van der Waals surface area contributed by atoms with E-state index in [1.54, 1.807) is 30.3 Å². The summed E-state index contributed by atoms with van der Waals surface area (Å²) < 4.78 is 60.3. The largest absolute Gasteiger partial charge is 0.393 e. The number of fused-ring (bicyclic) bond motifs is 1. The predicted molar refractivity (Wildman–Crippen MR) is 68.5 cm³/mol. The topological polar surface area (TPSA) is 29.5 Å². The van der Waals surface area contributed by atoms with Gasteiger partial charge >= 0.3 is 11.8 Å². The maximum Gasteiger partial charge on any atom is 0.342 e. The van der Waals surface area contributed by atoms with Crippen LogP contribution in [-0.4, -0.2) is 29.7 Å². The molecule has 0 bridgehead atoms. The molecule has 0 aromatic heterocycles. The smallest absolute Gasteiger partial charge is 0.342 e. The van der Waals surface area contributed by atoms with Gasteiger partial charge in [0.2, 0.25) is 0 Å². The van der Waals surface area contributed by atoms with Gasteiger partial charge in [0.15, 0.2) is 12.2 Å². The summed E-state index contributed by atoms with van der Waals surface area (Å²) >= 11 is 0. The molecule has 0 unspecified atom stereocenters. The maximum atomic E-state index is 14.1. The molecule has 1 saturated heterocycles. The predicted octanol–water partition coefficient (Wildman–Crippen LogP) is 3.54. The fraction of sp³-hybridized carbons (Fsp3) is 0.333. The zero-order valence-corrected chi connectivity index (χ0v) is 10.8. The van der Waals surface area contributed by atoms with Crippen molar-refractivity contribution in [2.45, 2.75) is 24.1 Å². The van der Waals surface area contributed by atoms with Crippen LogP contribution in [0.25, 0.3) is 10.8 Å². The van der Waals surface area contributed by atoms with Crippen LogP contribution in [0.3, 0.4) is 0 Å². The zero-order chi connectivity index (χ0) is 15.3. The molecule has 0 radical (unpaired) electrons. The Kier molecular flexibility index (Phi) is 3.18. The first-order valence-electron chi connectivity index (χ1n) is 6.39. The molecule has 0 aliphatic carbocycles. The van der Waals surface area contributed by atoms with Crippen molar-refractivity contribution in [1.82, 2.24) is 0 Å². The van der Waals surface area contributed by atoms with Crippen LogP contribution in [0.1, 0.15) is 11.7 Å². The van der Waals surface area contributed by atoms with E-state index in [0.29, 0.717) is 10.8 Å². The number of rotatable bonds is 2. The van der Waals surface area contributed by atoms with E-state index >= 15 is 0 Å². The Morgan fingerprint density at radius 3 is 2.29 bits per heavy atom. The molecule has 1 N–H and O–H groups in total. The number of benzene rings is 2. The monoisotopic (exact) mass is 300 g/mol. The van der Waals surface area contributed by atoms with E-state index < -0.39 is 30.7 Å². The van der Waals surface area contributed by atoms with Crippen molar-refractivity contribution in [2.24, 2.45) is 0 Å². The quantitative estimate of drug-likeness (QED) is 0.860. The van der Waals surface area contributed by atoms with Gasteiger partial charge < -0.3 is 9.84 Å². The molecular formula is C15H12F4O2. The molecule has 112 valence electrons. The van der Waals surface area contributed by atoms with Crippen molar-refractivity contribution in [3.8, 4) is 0 Å². The first kappa shape index (κ1) is 14.3. The third kappa shape index (κ3) is 1.93. The van der Waals surface area contributed by atoms with Crippen LogP contribution in [0.15, 0.2) is 42.5 Å². The van der Waals surface area contributed by atoms with Crippen molar-refractivity contribution in [1.29, 1.82) is 0 Å². The molecule has 6 heteroatoms. The first-order chi connectivity index (χ1) is 9.89. The van der Waals surface area contributed by atoms with Crippen molar-refractivity contribution >= 4 is 10.8 Å². The highest BCUT2D eigenvalue weighted by molar-refractivity contribution is 5.86. The molecule has 0 amide bonds. The molecule has 2 atom stereocenters. The van der Waals surface area contributed by atoms with Gasteiger partial charge in [-0.25, -0.2) is 0 Å². The van der Waals surface area contributed by atoms with E-state index in [1.807, 2.05) is 0 Å². The van der Waals surface area contributed by atoms with E-state index in [4.69, 9.17) is 9.84 Å². The Labute approximate surface area is 118 Å². The summed E-state index contributed by atoms with van der Waals surface area (Å²) in [5.74, 6) is -8.80. The summed E-state index contributed by atoms with van der Waals surface area (Å²) in [5.41, 5.74) is -0.00581. The second-order valence-electron chi connectivity index (χ2n) is 5.00. The second kappa shape index (κ2) is 4.68. The number of hydrogen-bond donors (Lipinski definition) is 1. The fourth-order valence-corrected chi connectivity index (χ4v) is 2.63. The second-order valence-corrected chi connectivity index (χ2v) is 5.00. The molecule has 2 aromatic carbocycles. The van der Waals surface area contributed by atoms with E-state index in [0.717, 1.165) is 0 Å². The summed E-state index contributed by atoms with van der Waals surface area (Å²) in [6.07, 6.45) is -4.30. The average Bonchev–Trinajstić information content (AvgIpc) is 2.64. The molecule has 3 rings (SSSR count). The Morgan fingerprint density at radius 2 is 1.62 bits per heavy atom. The van der Waals surface area contributed by atoms with Crippen LogP contribution in [0.2, 0.25) is 0 Å². The molecule has 1 heterocycles. The van der Waals surface area contributed by atoms with Gasteiger partial charge in [0.25, 0.3) is 0 Å². The summed E-state index contributed by atoms with van der Waals surface area (Å²) in [5, 5.41) is 9.96. The Bertz CT molecular complexity index is 666. The van der Waals surface area contributed by atoms with Crippen molar-refractivity contribution in [3.05, 3.63) is 48.0 Å². The molecule has 1 aliphatic rings. The lowest BCUT2D eigenvalue weighted by atomic mass is 9.95. The summed E-state index contributed by atoms with van der Waals surface area (Å²) in [6, 6.07) is 11.2. The summed E-state index contributed by atoms with van der Waals surface area (Å²) in [4.78, 5) is 0. The molecule has 1 aliphatic heterocycles. The van der Waals surface area contributed by atoms with Gasteiger partial charge in [0, 0.05) is 0 Å². The van der Waals surface area contributed by atoms with Crippen molar-refractivity contribution < 1.29 is 27.4 Å². The van der Waals surface area contributed by atoms with Crippen LogP contribution in [0.5, 0.6) is 0 Å². The summed E-state index contributed by atoms with van der Waals surface area (Å²) in [6.45, 7) is -1.16. The van der Waals surface area contributed by atoms with Crippen LogP contribution in [-0.2, 0) is 4.74 Å². The van der Waals surface area contributed by atoms with Gasteiger partial charge in [-0.3, -0.25) is 0 Å². The third-order valence-electron chi connectivity index (χ3n) is 3.75. The van der Waals surface area contributed by atoms with Crippen molar-refractivity contribution in [3.63, 3.8) is 0 Å². The highest BCUT2D eigenvalue weighted by Gasteiger charge is 2.72. The third-order valence-corrected chi connectivity index (χ3v) is 3.75. The minimum absolute atomic E-state index is 0.00581. The van der Waals surface area contributed by atoms with E-state index in [9.17, 15) is 17.6 Å². The molecule has 0 saturated carbocycles. The number of aliphatic hydroxyl groups is 1. The van der Waals surface area contributed by atoms with Gasteiger partial charge in [0.05, 0.1) is 6.61 Å². The number of aliphatic hydroxyl groups excluding tert-OH is 1. The van der Waals surface area contributed by atoms with Gasteiger partial charge in [-0.05, 0) is 16.3 Å². The number of alkyl halides is 4. The molecular weight excluding hydrogens is 288 g/mol. The molecule has 1 fully saturated rings. The van der Waals surface area contributed by atoms with Gasteiger partial charge in [0.1, 0.15) is 0 Å². The highest BCUT2D eigenvalue weighted by Crippen LogP contribution is 2.55. The van der Waals surface area contributed by atoms with Gasteiger partial charge in [-0.1, -0.05) is 42.5 Å². The molecule has 21 heavy (non-hydrogen) atoms. The van der Waals surface area contributed by atoms with E-state index in [-0.39, 0.29) is 5.56 Å². The van der Waals surface area contributed by atoms with E-state index in [2.05, 4.69) is 0 Å². The fourth-order valence-electron chi connectivity index (χ4n) is 2.63. The average molecular weight is 300 g/mol. The normalized spacial score (nSPS) is 27.1. The number of halogens is 4. The molecule has 2 aromatic rings. The molecule has 2 nitrogen and oxygen atoms in total. The minimum atomic E-state index is -4.41. The molecule has 0 spiro atoms. The van der Waals surface area contributed by atoms with Crippen LogP contribution < -0.4 is 0 Å². The number of ether oxygens (including phenoxy) is 1. The minimum Gasteiger partial charge on any atom is -0.393 e. The standard InChI is InChI=1S/C15H12F4O2/c16-14(17)12(8-20)21-13(15(14,18)19)11-7-3-5-9-4-1-2-6-10(9)11/h1-7,12-13,20H,8H2/t12-,13+/m0/s1. The summed E-state index contributed by atoms with van der Waals surface area (Å²) in [7, 11) is 0. The van der Waals surface area contributed by atoms with Crippen LogP contribution in [0, 0.1) is 0 Å². The van der Waals surface area contributed by atoms with Gasteiger partial charge in [-0.15, -0.1) is 0 Å². The van der Waals surface area contributed by atoms with Crippen LogP contribution >= 0.6 is 0 Å². The SMILES string of the molecule is OC[C@@H]1O[C@H](c2cccc3ccccc23)C(F)(F)C1(F)F. The lowest BCUT2D eigenvalue weighted by Crippen LogP contribution is -2.45. The zero-order valence-electron chi connectivity index (χ0n) is 10.8. The number of hydrogen-bond acceptors (Lipinski definition) is 2. The lowest BCUT2D eigenvalue weighted by Gasteiger charge is -2.23. The van der Waals surface area contributed by atoms with Gasteiger partial charge in [-0.2, -0.15) is 17.6 Å². The Morgan fingerprint density at radius 1 is 0.952 bits per heavy atom. The van der Waals surface area contributed by atoms with E-state index in [1.165, 1.54) is 12.1 Å². The highest BCUT2D eigenvalue weighted by atomic mass is 19.3. The van der Waals surface area contributed by atoms with Crippen LogP contribution in [0.4, 0.5) is 17.6 Å².